The molecule has 0 amide bonds. The van der Waals surface area contributed by atoms with Gasteiger partial charge in [0.25, 0.3) is 0 Å². The molecule has 0 aliphatic heterocycles. The minimum absolute atomic E-state index is 0.0362. The lowest BCUT2D eigenvalue weighted by Crippen LogP contribution is -2.14. The van der Waals surface area contributed by atoms with Gasteiger partial charge in [-0.2, -0.15) is 0 Å². The van der Waals surface area contributed by atoms with E-state index in [9.17, 15) is 0 Å². The van der Waals surface area contributed by atoms with Crippen molar-refractivity contribution < 1.29 is 0 Å². The highest BCUT2D eigenvalue weighted by Gasteiger charge is 2.35. The number of para-hydroxylation sites is 4. The second kappa shape index (κ2) is 13.7. The minimum Gasteiger partial charge on any atom is -0.309 e. The summed E-state index contributed by atoms with van der Waals surface area (Å²) in [6.07, 6.45) is 0. The first kappa shape index (κ1) is 37.8. The van der Waals surface area contributed by atoms with Gasteiger partial charge < -0.3 is 9.13 Å². The molecule has 310 valence electrons. The number of benzene rings is 10. The smallest absolute Gasteiger partial charge is 0.0541 e. The average molecular weight is 833 g/mol. The molecule has 0 bridgehead atoms. The van der Waals surface area contributed by atoms with E-state index in [2.05, 4.69) is 244 Å². The summed E-state index contributed by atoms with van der Waals surface area (Å²) in [5.41, 5.74) is 18.8. The molecule has 1 aliphatic rings. The fourth-order valence-corrected chi connectivity index (χ4v) is 11.5. The van der Waals surface area contributed by atoms with Crippen LogP contribution in [0, 0.1) is 0 Å². The molecule has 65 heavy (non-hydrogen) atoms. The van der Waals surface area contributed by atoms with Gasteiger partial charge in [0, 0.05) is 38.3 Å². The molecule has 2 nitrogen and oxygen atoms in total. The van der Waals surface area contributed by atoms with Gasteiger partial charge in [-0.1, -0.05) is 180 Å². The second-order valence-electron chi connectivity index (χ2n) is 19.7. The van der Waals surface area contributed by atoms with Crippen molar-refractivity contribution in [3.63, 3.8) is 0 Å². The van der Waals surface area contributed by atoms with Crippen molar-refractivity contribution in [2.75, 3.05) is 0 Å². The van der Waals surface area contributed by atoms with Gasteiger partial charge in [0.05, 0.1) is 22.1 Å². The Morgan fingerprint density at radius 1 is 0.338 bits per heavy atom. The number of rotatable bonds is 4. The van der Waals surface area contributed by atoms with E-state index in [1.807, 2.05) is 0 Å². The van der Waals surface area contributed by atoms with E-state index in [1.54, 1.807) is 0 Å². The van der Waals surface area contributed by atoms with Crippen LogP contribution in [0.15, 0.2) is 200 Å². The lowest BCUT2D eigenvalue weighted by atomic mass is 9.80. The summed E-state index contributed by atoms with van der Waals surface area (Å²) in [5, 5.41) is 10.0. The molecule has 0 saturated carbocycles. The fourth-order valence-electron chi connectivity index (χ4n) is 11.5. The zero-order valence-corrected chi connectivity index (χ0v) is 37.4. The van der Waals surface area contributed by atoms with Crippen molar-refractivity contribution >= 4 is 65.2 Å². The molecule has 0 N–H and O–H groups in total. The molecule has 0 fully saturated rings. The lowest BCUT2D eigenvalue weighted by Gasteiger charge is -2.24. The van der Waals surface area contributed by atoms with Crippen LogP contribution in [0.5, 0.6) is 0 Å². The second-order valence-corrected chi connectivity index (χ2v) is 19.7. The molecule has 0 saturated heterocycles. The van der Waals surface area contributed by atoms with Crippen LogP contribution in [0.4, 0.5) is 0 Å². The summed E-state index contributed by atoms with van der Waals surface area (Å²) < 4.78 is 4.92. The van der Waals surface area contributed by atoms with E-state index in [0.29, 0.717) is 0 Å². The molecule has 2 heteroatoms. The molecule has 0 radical (unpaired) electrons. The van der Waals surface area contributed by atoms with Crippen LogP contribution < -0.4 is 0 Å². The van der Waals surface area contributed by atoms with E-state index in [0.717, 1.165) is 11.4 Å². The zero-order chi connectivity index (χ0) is 43.8. The summed E-state index contributed by atoms with van der Waals surface area (Å²) in [6, 6.07) is 75.5. The SMILES string of the molecule is CC(C)(C)c1ccc(-c2c3ccc(-n4c5ccccc5c5ccccc54)cc3c(-c3ccc4c(c3)C(C)(C)c3ccccc3-4)c3ccc(-n4c5ccccc5c5ccccc54)cc23)cc1. The molecule has 0 spiro atoms. The average Bonchev–Trinajstić information content (AvgIpc) is 3.93. The first-order valence-electron chi connectivity index (χ1n) is 23.0. The zero-order valence-electron chi connectivity index (χ0n) is 37.4. The van der Waals surface area contributed by atoms with Crippen molar-refractivity contribution in [3.05, 3.63) is 217 Å². The molecule has 13 rings (SSSR count). The van der Waals surface area contributed by atoms with Crippen LogP contribution in [-0.2, 0) is 10.8 Å². The van der Waals surface area contributed by atoms with Gasteiger partial charge in [0.1, 0.15) is 0 Å². The maximum Gasteiger partial charge on any atom is 0.0541 e. The van der Waals surface area contributed by atoms with Gasteiger partial charge in [0.15, 0.2) is 0 Å². The highest BCUT2D eigenvalue weighted by Crippen LogP contribution is 2.52. The van der Waals surface area contributed by atoms with Crippen LogP contribution in [-0.4, -0.2) is 9.13 Å². The third-order valence-corrected chi connectivity index (χ3v) is 14.7. The number of nitrogens with zero attached hydrogens (tertiary/aromatic N) is 2. The van der Waals surface area contributed by atoms with Crippen molar-refractivity contribution in [1.29, 1.82) is 0 Å². The van der Waals surface area contributed by atoms with Crippen LogP contribution >= 0.6 is 0 Å². The molecule has 1 aliphatic carbocycles. The minimum atomic E-state index is -0.139. The van der Waals surface area contributed by atoms with Crippen molar-refractivity contribution in [3.8, 4) is 44.8 Å². The van der Waals surface area contributed by atoms with E-state index in [4.69, 9.17) is 0 Å². The largest absolute Gasteiger partial charge is 0.309 e. The number of aromatic nitrogens is 2. The van der Waals surface area contributed by atoms with Gasteiger partial charge >= 0.3 is 0 Å². The van der Waals surface area contributed by atoms with Crippen molar-refractivity contribution in [2.45, 2.75) is 45.4 Å². The van der Waals surface area contributed by atoms with Crippen LogP contribution in [0.2, 0.25) is 0 Å². The Kier molecular flexibility index (Phi) is 7.95. The first-order chi connectivity index (χ1) is 31.6. The maximum atomic E-state index is 2.51. The summed E-state index contributed by atoms with van der Waals surface area (Å²) in [5.74, 6) is 0. The molecule has 10 aromatic carbocycles. The lowest BCUT2D eigenvalue weighted by molar-refractivity contribution is 0.590. The summed E-state index contributed by atoms with van der Waals surface area (Å²) in [6.45, 7) is 11.7. The van der Waals surface area contributed by atoms with Crippen LogP contribution in [0.3, 0.4) is 0 Å². The number of fused-ring (bicyclic) bond motifs is 11. The van der Waals surface area contributed by atoms with Crippen molar-refractivity contribution in [2.24, 2.45) is 0 Å². The summed E-state index contributed by atoms with van der Waals surface area (Å²) in [7, 11) is 0. The molecule has 2 aromatic heterocycles. The van der Waals surface area contributed by atoms with Crippen molar-refractivity contribution in [1.82, 2.24) is 9.13 Å². The summed E-state index contributed by atoms with van der Waals surface area (Å²) in [4.78, 5) is 0. The van der Waals surface area contributed by atoms with Gasteiger partial charge in [-0.15, -0.1) is 0 Å². The molecule has 2 heterocycles. The van der Waals surface area contributed by atoms with E-state index in [-0.39, 0.29) is 10.8 Å². The topological polar surface area (TPSA) is 9.86 Å². The molecule has 0 atom stereocenters. The molecular formula is C63H48N2. The quantitative estimate of drug-likeness (QED) is 0.156. The number of hydrogen-bond donors (Lipinski definition) is 0. The maximum absolute atomic E-state index is 2.51. The number of hydrogen-bond acceptors (Lipinski definition) is 0. The highest BCUT2D eigenvalue weighted by atomic mass is 15.0. The molecule has 0 unspecified atom stereocenters. The third-order valence-electron chi connectivity index (χ3n) is 14.7. The van der Waals surface area contributed by atoms with E-state index in [1.165, 1.54) is 115 Å². The standard InChI is InChI=1S/C63H48N2/c1-62(2,3)41-29-26-39(27-30-41)60-50-34-31-43(65-58-24-14-9-19-48(58)49-20-10-15-25-59(49)65)38-53(50)61(40-28-33-45-44-16-6-11-21-54(44)63(4,5)55(45)36-40)51-35-32-42(37-52(51)60)64-56-22-12-7-17-46(56)47-18-8-13-23-57(47)64/h6-38H,1-5H3. The Bertz CT molecular complexity index is 3830. The van der Waals surface area contributed by atoms with Gasteiger partial charge in [-0.05, 0) is 132 Å². The third kappa shape index (κ3) is 5.47. The predicted octanol–water partition coefficient (Wildman–Crippen LogP) is 17.1. The van der Waals surface area contributed by atoms with E-state index < -0.39 is 0 Å². The predicted molar refractivity (Wildman–Crippen MR) is 277 cm³/mol. The summed E-state index contributed by atoms with van der Waals surface area (Å²) >= 11 is 0. The highest BCUT2D eigenvalue weighted by molar-refractivity contribution is 6.23. The van der Waals surface area contributed by atoms with Gasteiger partial charge in [-0.3, -0.25) is 0 Å². The Hall–Kier alpha value is -7.68. The van der Waals surface area contributed by atoms with Gasteiger partial charge in [-0.25, -0.2) is 0 Å². The van der Waals surface area contributed by atoms with Crippen LogP contribution in [0.1, 0.15) is 51.3 Å². The fraction of sp³-hybridized carbons (Fsp3) is 0.111. The Balaban J connectivity index is 1.17. The Labute approximate surface area is 379 Å². The normalized spacial score (nSPS) is 13.4. The van der Waals surface area contributed by atoms with Gasteiger partial charge in [0.2, 0.25) is 0 Å². The monoisotopic (exact) mass is 832 g/mol. The molecule has 12 aromatic rings. The first-order valence-corrected chi connectivity index (χ1v) is 23.0. The molecular weight excluding hydrogens is 785 g/mol. The van der Waals surface area contributed by atoms with Crippen LogP contribution in [0.25, 0.3) is 110 Å². The Morgan fingerprint density at radius 3 is 1.25 bits per heavy atom. The Morgan fingerprint density at radius 2 is 0.754 bits per heavy atom. The van der Waals surface area contributed by atoms with E-state index >= 15 is 0 Å².